The van der Waals surface area contributed by atoms with Gasteiger partial charge in [0.25, 0.3) is 0 Å². The number of carboxylic acids is 1. The van der Waals surface area contributed by atoms with Crippen LogP contribution >= 0.6 is 27.7 Å². The van der Waals surface area contributed by atoms with Crippen LogP contribution in [0.3, 0.4) is 0 Å². The van der Waals surface area contributed by atoms with Gasteiger partial charge < -0.3 is 9.67 Å². The second kappa shape index (κ2) is 5.41. The number of imidazole rings is 1. The summed E-state index contributed by atoms with van der Waals surface area (Å²) in [4.78, 5) is 15.4. The minimum atomic E-state index is -0.811. The van der Waals surface area contributed by atoms with E-state index in [-0.39, 0.29) is 5.75 Å². The van der Waals surface area contributed by atoms with Gasteiger partial charge in [0.15, 0.2) is 5.16 Å². The van der Waals surface area contributed by atoms with Gasteiger partial charge in [-0.15, -0.1) is 0 Å². The third kappa shape index (κ3) is 2.72. The standard InChI is InChI=1S/C14H15BrN2O2S/c1-8(9-2-3-9)17-12-6-10(15)4-5-11(12)16-14(17)20-7-13(18)19/h4-6,8-9H,2-3,7H2,1H3,(H,18,19). The fourth-order valence-corrected chi connectivity index (χ4v) is 3.62. The highest BCUT2D eigenvalue weighted by Crippen LogP contribution is 2.42. The van der Waals surface area contributed by atoms with Crippen LogP contribution in [0.2, 0.25) is 0 Å². The van der Waals surface area contributed by atoms with Crippen molar-refractivity contribution in [2.75, 3.05) is 5.75 Å². The zero-order valence-electron chi connectivity index (χ0n) is 11.0. The van der Waals surface area contributed by atoms with Crippen molar-refractivity contribution in [3.05, 3.63) is 22.7 Å². The zero-order valence-corrected chi connectivity index (χ0v) is 13.4. The van der Waals surface area contributed by atoms with Crippen LogP contribution in [0.15, 0.2) is 27.8 Å². The molecule has 4 nitrogen and oxygen atoms in total. The number of aliphatic carboxylic acids is 1. The van der Waals surface area contributed by atoms with Crippen molar-refractivity contribution in [2.45, 2.75) is 31.0 Å². The number of thioether (sulfide) groups is 1. The Morgan fingerprint density at radius 1 is 1.60 bits per heavy atom. The molecule has 1 N–H and O–H groups in total. The van der Waals surface area contributed by atoms with Gasteiger partial charge in [0.05, 0.1) is 16.8 Å². The van der Waals surface area contributed by atoms with Crippen molar-refractivity contribution in [3.63, 3.8) is 0 Å². The van der Waals surface area contributed by atoms with Gasteiger partial charge in [0.1, 0.15) is 0 Å². The van der Waals surface area contributed by atoms with E-state index in [1.165, 1.54) is 24.6 Å². The largest absolute Gasteiger partial charge is 0.481 e. The predicted molar refractivity (Wildman–Crippen MR) is 83.2 cm³/mol. The molecule has 2 aromatic rings. The molecule has 1 heterocycles. The average Bonchev–Trinajstić information content (AvgIpc) is 3.17. The van der Waals surface area contributed by atoms with Crippen LogP contribution in [0.1, 0.15) is 25.8 Å². The van der Waals surface area contributed by atoms with Crippen LogP contribution in [0.5, 0.6) is 0 Å². The quantitative estimate of drug-likeness (QED) is 0.826. The zero-order chi connectivity index (χ0) is 14.3. The van der Waals surface area contributed by atoms with Crippen LogP contribution in [0.25, 0.3) is 11.0 Å². The number of aromatic nitrogens is 2. The third-order valence-electron chi connectivity index (χ3n) is 3.66. The molecule has 1 unspecified atom stereocenters. The number of hydrogen-bond acceptors (Lipinski definition) is 3. The van der Waals surface area contributed by atoms with E-state index in [0.29, 0.717) is 12.0 Å². The SMILES string of the molecule is CC(C1CC1)n1c(SCC(=O)O)nc2ccc(Br)cc21. The van der Waals surface area contributed by atoms with Gasteiger partial charge >= 0.3 is 5.97 Å². The van der Waals surface area contributed by atoms with Gasteiger partial charge in [-0.05, 0) is 43.9 Å². The Morgan fingerprint density at radius 3 is 3.00 bits per heavy atom. The summed E-state index contributed by atoms with van der Waals surface area (Å²) in [5, 5.41) is 9.68. The lowest BCUT2D eigenvalue weighted by Crippen LogP contribution is -2.09. The lowest BCUT2D eigenvalue weighted by atomic mass is 10.2. The first kappa shape index (κ1) is 13.9. The maximum absolute atomic E-state index is 10.8. The van der Waals surface area contributed by atoms with E-state index in [1.807, 2.05) is 12.1 Å². The topological polar surface area (TPSA) is 55.1 Å². The number of benzene rings is 1. The van der Waals surface area contributed by atoms with E-state index in [1.54, 1.807) is 0 Å². The molecule has 0 spiro atoms. The summed E-state index contributed by atoms with van der Waals surface area (Å²) in [6.45, 7) is 2.20. The maximum Gasteiger partial charge on any atom is 0.313 e. The number of carboxylic acid groups (broad SMARTS) is 1. The molecular weight excluding hydrogens is 340 g/mol. The molecule has 1 aliphatic rings. The molecule has 6 heteroatoms. The first-order valence-corrected chi connectivity index (χ1v) is 8.36. The molecular formula is C14H15BrN2O2S. The molecule has 1 aliphatic carbocycles. The molecule has 20 heavy (non-hydrogen) atoms. The van der Waals surface area contributed by atoms with Crippen LogP contribution in [-0.4, -0.2) is 26.4 Å². The van der Waals surface area contributed by atoms with Crippen molar-refractivity contribution in [1.82, 2.24) is 9.55 Å². The summed E-state index contributed by atoms with van der Waals surface area (Å²) in [5.74, 6) is -0.0774. The molecule has 1 aromatic carbocycles. The number of nitrogens with zero attached hydrogens (tertiary/aromatic N) is 2. The lowest BCUT2D eigenvalue weighted by Gasteiger charge is -2.16. The molecule has 1 fully saturated rings. The summed E-state index contributed by atoms with van der Waals surface area (Å²) in [5.41, 5.74) is 2.00. The second-order valence-electron chi connectivity index (χ2n) is 5.16. The molecule has 106 valence electrons. The molecule has 0 saturated heterocycles. The maximum atomic E-state index is 10.8. The minimum absolute atomic E-state index is 0.0435. The van der Waals surface area contributed by atoms with Crippen molar-refractivity contribution >= 4 is 44.7 Å². The fraction of sp³-hybridized carbons (Fsp3) is 0.429. The smallest absolute Gasteiger partial charge is 0.313 e. The van der Waals surface area contributed by atoms with Crippen molar-refractivity contribution < 1.29 is 9.90 Å². The van der Waals surface area contributed by atoms with E-state index in [4.69, 9.17) is 5.11 Å². The summed E-state index contributed by atoms with van der Waals surface area (Å²) >= 11 is 4.80. The number of rotatable bonds is 5. The highest BCUT2D eigenvalue weighted by molar-refractivity contribution is 9.10. The Balaban J connectivity index is 2.06. The van der Waals surface area contributed by atoms with Gasteiger partial charge in [-0.2, -0.15) is 0 Å². The molecule has 0 radical (unpaired) electrons. The molecule has 3 rings (SSSR count). The summed E-state index contributed by atoms with van der Waals surface area (Å²) < 4.78 is 3.22. The Kier molecular flexibility index (Phi) is 3.77. The average molecular weight is 355 g/mol. The normalized spacial score (nSPS) is 16.5. The van der Waals surface area contributed by atoms with Crippen LogP contribution < -0.4 is 0 Å². The lowest BCUT2D eigenvalue weighted by molar-refractivity contribution is -0.133. The number of fused-ring (bicyclic) bond motifs is 1. The Labute approximate surface area is 129 Å². The number of halogens is 1. The molecule has 1 atom stereocenters. The highest BCUT2D eigenvalue weighted by Gasteiger charge is 2.31. The van der Waals surface area contributed by atoms with Crippen LogP contribution in [-0.2, 0) is 4.79 Å². The number of hydrogen-bond donors (Lipinski definition) is 1. The minimum Gasteiger partial charge on any atom is -0.481 e. The number of carbonyl (C=O) groups is 1. The van der Waals surface area contributed by atoms with Crippen LogP contribution in [0.4, 0.5) is 0 Å². The Morgan fingerprint density at radius 2 is 2.35 bits per heavy atom. The first-order chi connectivity index (χ1) is 9.56. The van der Waals surface area contributed by atoms with Crippen molar-refractivity contribution in [3.8, 4) is 0 Å². The van der Waals surface area contributed by atoms with Gasteiger partial charge in [0.2, 0.25) is 0 Å². The Hall–Kier alpha value is -1.01. The highest BCUT2D eigenvalue weighted by atomic mass is 79.9. The molecule has 1 saturated carbocycles. The van der Waals surface area contributed by atoms with Crippen molar-refractivity contribution in [2.24, 2.45) is 5.92 Å². The fourth-order valence-electron chi connectivity index (χ4n) is 2.46. The predicted octanol–water partition coefficient (Wildman–Crippen LogP) is 3.95. The third-order valence-corrected chi connectivity index (χ3v) is 5.09. The summed E-state index contributed by atoms with van der Waals surface area (Å²) in [6, 6.07) is 6.37. The van der Waals surface area contributed by atoms with E-state index < -0.39 is 5.97 Å². The van der Waals surface area contributed by atoms with E-state index in [9.17, 15) is 4.79 Å². The van der Waals surface area contributed by atoms with Gasteiger partial charge in [-0.3, -0.25) is 4.79 Å². The molecule has 0 bridgehead atoms. The molecule has 1 aromatic heterocycles. The van der Waals surface area contributed by atoms with E-state index in [2.05, 4.69) is 38.5 Å². The monoisotopic (exact) mass is 354 g/mol. The van der Waals surface area contributed by atoms with E-state index in [0.717, 1.165) is 20.7 Å². The van der Waals surface area contributed by atoms with Gasteiger partial charge in [-0.25, -0.2) is 4.98 Å². The van der Waals surface area contributed by atoms with Gasteiger partial charge in [-0.1, -0.05) is 27.7 Å². The summed E-state index contributed by atoms with van der Waals surface area (Å²) in [6.07, 6.45) is 2.50. The van der Waals surface area contributed by atoms with Crippen molar-refractivity contribution in [1.29, 1.82) is 0 Å². The Bertz CT molecular complexity index is 666. The van der Waals surface area contributed by atoms with Gasteiger partial charge in [0, 0.05) is 10.5 Å². The molecule has 0 aliphatic heterocycles. The molecule has 0 amide bonds. The van der Waals surface area contributed by atoms with Crippen LogP contribution in [0, 0.1) is 5.92 Å². The second-order valence-corrected chi connectivity index (χ2v) is 7.02. The summed E-state index contributed by atoms with van der Waals surface area (Å²) in [7, 11) is 0. The first-order valence-electron chi connectivity index (χ1n) is 6.58. The van der Waals surface area contributed by atoms with E-state index >= 15 is 0 Å².